The first-order valence-electron chi connectivity index (χ1n) is 6.06. The van der Waals surface area contributed by atoms with E-state index in [1.54, 1.807) is 23.5 Å². The Kier molecular flexibility index (Phi) is 4.67. The third-order valence-corrected chi connectivity index (χ3v) is 4.80. The number of carbonyl (C=O) groups excluding carboxylic acids is 1. The molecular weight excluding hydrogens is 338 g/mol. The number of thiophene rings is 1. The summed E-state index contributed by atoms with van der Waals surface area (Å²) in [6, 6.07) is 7.31. The van der Waals surface area contributed by atoms with E-state index in [-0.39, 0.29) is 5.91 Å². The second-order valence-electron chi connectivity index (χ2n) is 4.54. The molecule has 0 spiro atoms. The maximum Gasteiger partial charge on any atom is 0.251 e. The van der Waals surface area contributed by atoms with Gasteiger partial charge in [-0.15, -0.1) is 11.3 Å². The lowest BCUT2D eigenvalue weighted by Crippen LogP contribution is -2.23. The number of nitrogen functional groups attached to an aromatic ring is 1. The zero-order valence-corrected chi connectivity index (χ0v) is 13.7. The summed E-state index contributed by atoms with van der Waals surface area (Å²) in [6.07, 6.45) is 0. The van der Waals surface area contributed by atoms with Gasteiger partial charge in [-0.05, 0) is 45.6 Å². The molecule has 20 heavy (non-hydrogen) atoms. The molecule has 1 aromatic carbocycles. The monoisotopic (exact) mass is 353 g/mol. The van der Waals surface area contributed by atoms with Crippen molar-refractivity contribution in [2.24, 2.45) is 0 Å². The van der Waals surface area contributed by atoms with E-state index in [0.717, 1.165) is 15.0 Å². The van der Waals surface area contributed by atoms with Crippen LogP contribution < -0.4 is 16.0 Å². The number of carbonyl (C=O) groups is 1. The summed E-state index contributed by atoms with van der Waals surface area (Å²) in [5.74, 6) is -0.123. The lowest BCUT2D eigenvalue weighted by molar-refractivity contribution is 0.0951. The summed E-state index contributed by atoms with van der Waals surface area (Å²) in [4.78, 5) is 15.1. The van der Waals surface area contributed by atoms with Crippen LogP contribution in [0.2, 0.25) is 0 Å². The summed E-state index contributed by atoms with van der Waals surface area (Å²) in [7, 11) is 3.83. The molecule has 0 unspecified atom stereocenters. The van der Waals surface area contributed by atoms with Gasteiger partial charge in [0.15, 0.2) is 0 Å². The first-order chi connectivity index (χ1) is 9.49. The van der Waals surface area contributed by atoms with Gasteiger partial charge in [-0.25, -0.2) is 0 Å². The van der Waals surface area contributed by atoms with E-state index in [9.17, 15) is 4.79 Å². The quantitative estimate of drug-likeness (QED) is 0.830. The molecule has 2 aromatic rings. The molecular formula is C14H16BrN3OS. The minimum absolute atomic E-state index is 0.123. The van der Waals surface area contributed by atoms with Crippen molar-refractivity contribution in [3.63, 3.8) is 0 Å². The van der Waals surface area contributed by atoms with E-state index >= 15 is 0 Å². The number of anilines is 2. The van der Waals surface area contributed by atoms with Crippen LogP contribution in [0.4, 0.5) is 11.4 Å². The first kappa shape index (κ1) is 14.9. The zero-order chi connectivity index (χ0) is 14.7. The second-order valence-corrected chi connectivity index (χ2v) is 6.40. The van der Waals surface area contributed by atoms with Crippen molar-refractivity contribution in [1.29, 1.82) is 0 Å². The predicted octanol–water partition coefficient (Wildman–Crippen LogP) is 3.09. The van der Waals surface area contributed by atoms with Crippen LogP contribution in [0.3, 0.4) is 0 Å². The Labute approximate surface area is 130 Å². The van der Waals surface area contributed by atoms with Gasteiger partial charge in [-0.2, -0.15) is 0 Å². The Morgan fingerprint density at radius 3 is 2.70 bits per heavy atom. The van der Waals surface area contributed by atoms with E-state index in [1.165, 1.54) is 0 Å². The largest absolute Gasteiger partial charge is 0.397 e. The molecule has 0 bridgehead atoms. The van der Waals surface area contributed by atoms with Crippen LogP contribution in [-0.4, -0.2) is 20.0 Å². The molecule has 0 fully saturated rings. The summed E-state index contributed by atoms with van der Waals surface area (Å²) >= 11 is 5.05. The Morgan fingerprint density at radius 1 is 1.40 bits per heavy atom. The molecule has 0 aliphatic carbocycles. The Hall–Kier alpha value is -1.53. The maximum atomic E-state index is 12.1. The molecule has 1 amide bonds. The number of halogens is 1. The molecule has 0 radical (unpaired) electrons. The zero-order valence-electron chi connectivity index (χ0n) is 11.3. The number of nitrogens with one attached hydrogen (secondary N) is 1. The Bertz CT molecular complexity index is 625. The van der Waals surface area contributed by atoms with Crippen LogP contribution in [0.1, 0.15) is 15.2 Å². The summed E-state index contributed by atoms with van der Waals surface area (Å²) in [5.41, 5.74) is 8.02. The van der Waals surface area contributed by atoms with Gasteiger partial charge in [-0.1, -0.05) is 0 Å². The number of benzene rings is 1. The highest BCUT2D eigenvalue weighted by Crippen LogP contribution is 2.24. The lowest BCUT2D eigenvalue weighted by Gasteiger charge is -2.15. The van der Waals surface area contributed by atoms with Gasteiger partial charge >= 0.3 is 0 Å². The molecule has 0 saturated carbocycles. The lowest BCUT2D eigenvalue weighted by atomic mass is 10.1. The second kappa shape index (κ2) is 6.28. The average molecular weight is 354 g/mol. The highest BCUT2D eigenvalue weighted by molar-refractivity contribution is 9.10. The van der Waals surface area contributed by atoms with Crippen molar-refractivity contribution in [3.8, 4) is 0 Å². The SMILES string of the molecule is CN(C)c1ccc(C(=O)NCc2sccc2Br)cc1N. The fourth-order valence-electron chi connectivity index (χ4n) is 1.82. The number of hydrogen-bond acceptors (Lipinski definition) is 4. The van der Waals surface area contributed by atoms with E-state index in [4.69, 9.17) is 5.73 Å². The fourth-order valence-corrected chi connectivity index (χ4v) is 3.25. The molecule has 0 saturated heterocycles. The van der Waals surface area contributed by atoms with Crippen LogP contribution in [-0.2, 0) is 6.54 Å². The first-order valence-corrected chi connectivity index (χ1v) is 7.73. The van der Waals surface area contributed by atoms with Crippen molar-refractivity contribution in [3.05, 3.63) is 44.6 Å². The highest BCUT2D eigenvalue weighted by atomic mass is 79.9. The molecule has 3 N–H and O–H groups in total. The van der Waals surface area contributed by atoms with Crippen LogP contribution in [0.15, 0.2) is 34.1 Å². The number of rotatable bonds is 4. The van der Waals surface area contributed by atoms with Gasteiger partial charge in [0.25, 0.3) is 5.91 Å². The normalized spacial score (nSPS) is 10.3. The molecule has 2 rings (SSSR count). The van der Waals surface area contributed by atoms with Crippen molar-refractivity contribution in [1.82, 2.24) is 5.32 Å². The van der Waals surface area contributed by atoms with E-state index in [1.807, 2.05) is 36.5 Å². The highest BCUT2D eigenvalue weighted by Gasteiger charge is 2.10. The van der Waals surface area contributed by atoms with E-state index < -0.39 is 0 Å². The molecule has 1 heterocycles. The Balaban J connectivity index is 2.06. The standard InChI is InChI=1S/C14H16BrN3OS/c1-18(2)12-4-3-9(7-11(12)16)14(19)17-8-13-10(15)5-6-20-13/h3-7H,8,16H2,1-2H3,(H,17,19). The molecule has 106 valence electrons. The third kappa shape index (κ3) is 3.32. The molecule has 0 aliphatic heterocycles. The van der Waals surface area contributed by atoms with Crippen LogP contribution in [0.5, 0.6) is 0 Å². The number of nitrogens with zero attached hydrogens (tertiary/aromatic N) is 1. The number of hydrogen-bond donors (Lipinski definition) is 2. The van der Waals surface area contributed by atoms with Gasteiger partial charge < -0.3 is 16.0 Å². The summed E-state index contributed by atoms with van der Waals surface area (Å²) in [6.45, 7) is 0.506. The minimum Gasteiger partial charge on any atom is -0.397 e. The molecule has 0 atom stereocenters. The maximum absolute atomic E-state index is 12.1. The van der Waals surface area contributed by atoms with E-state index in [0.29, 0.717) is 17.8 Å². The predicted molar refractivity (Wildman–Crippen MR) is 88.4 cm³/mol. The third-order valence-electron chi connectivity index (χ3n) is 2.87. The van der Waals surface area contributed by atoms with E-state index in [2.05, 4.69) is 21.2 Å². The van der Waals surface area contributed by atoms with Crippen LogP contribution >= 0.6 is 27.3 Å². The molecule has 0 aliphatic rings. The van der Waals surface area contributed by atoms with Gasteiger partial charge in [0.05, 0.1) is 17.9 Å². The van der Waals surface area contributed by atoms with Crippen molar-refractivity contribution < 1.29 is 4.79 Å². The van der Waals surface area contributed by atoms with Crippen LogP contribution in [0, 0.1) is 0 Å². The smallest absolute Gasteiger partial charge is 0.251 e. The van der Waals surface area contributed by atoms with Gasteiger partial charge in [0.1, 0.15) is 0 Å². The molecule has 6 heteroatoms. The summed E-state index contributed by atoms with van der Waals surface area (Å²) < 4.78 is 1.02. The molecule has 4 nitrogen and oxygen atoms in total. The fraction of sp³-hybridized carbons (Fsp3) is 0.214. The summed E-state index contributed by atoms with van der Waals surface area (Å²) in [5, 5.41) is 4.87. The van der Waals surface area contributed by atoms with Crippen molar-refractivity contribution in [2.75, 3.05) is 24.7 Å². The van der Waals surface area contributed by atoms with Gasteiger partial charge in [0, 0.05) is 29.0 Å². The van der Waals surface area contributed by atoms with Crippen molar-refractivity contribution >= 4 is 44.5 Å². The van der Waals surface area contributed by atoms with Crippen LogP contribution in [0.25, 0.3) is 0 Å². The van der Waals surface area contributed by atoms with Gasteiger partial charge in [-0.3, -0.25) is 4.79 Å². The number of nitrogens with two attached hydrogens (primary N) is 1. The molecule has 1 aromatic heterocycles. The Morgan fingerprint density at radius 2 is 2.15 bits per heavy atom. The average Bonchev–Trinajstić information content (AvgIpc) is 2.81. The minimum atomic E-state index is -0.123. The van der Waals surface area contributed by atoms with Gasteiger partial charge in [0.2, 0.25) is 0 Å². The topological polar surface area (TPSA) is 58.4 Å². The van der Waals surface area contributed by atoms with Crippen molar-refractivity contribution in [2.45, 2.75) is 6.54 Å². The number of amides is 1.